The Labute approximate surface area is 207 Å². The maximum absolute atomic E-state index is 12.6. The van der Waals surface area contributed by atoms with Gasteiger partial charge in [0.05, 0.1) is 0 Å². The van der Waals surface area contributed by atoms with E-state index >= 15 is 0 Å². The van der Waals surface area contributed by atoms with Gasteiger partial charge in [-0.05, 0) is 12.1 Å². The van der Waals surface area contributed by atoms with Gasteiger partial charge < -0.3 is 35.2 Å². The summed E-state index contributed by atoms with van der Waals surface area (Å²) in [6.07, 6.45) is 0. The Morgan fingerprint density at radius 1 is 0.629 bits per heavy atom. The minimum atomic E-state index is -0.145. The Bertz CT molecular complexity index is 879. The number of fused-ring (bicyclic) bond motifs is 2. The summed E-state index contributed by atoms with van der Waals surface area (Å²) >= 11 is 0. The van der Waals surface area contributed by atoms with Gasteiger partial charge in [-0.3, -0.25) is 9.59 Å². The zero-order chi connectivity index (χ0) is 24.9. The van der Waals surface area contributed by atoms with E-state index in [9.17, 15) is 9.59 Å². The highest BCUT2D eigenvalue weighted by molar-refractivity contribution is 5.78. The summed E-state index contributed by atoms with van der Waals surface area (Å²) < 4.78 is 11.6. The number of benzene rings is 2. The van der Waals surface area contributed by atoms with Gasteiger partial charge in [0.25, 0.3) is 11.8 Å². The van der Waals surface area contributed by atoms with Crippen LogP contribution in [0.25, 0.3) is 0 Å². The highest BCUT2D eigenvalue weighted by Gasteiger charge is 2.15. The van der Waals surface area contributed by atoms with E-state index in [-0.39, 0.29) is 25.0 Å². The van der Waals surface area contributed by atoms with Gasteiger partial charge in [0.2, 0.25) is 0 Å². The molecule has 3 rings (SSSR count). The molecular weight excluding hydrogens is 446 g/mol. The number of ether oxygens (including phenoxy) is 2. The molecule has 0 spiro atoms. The molecular formula is C26H37N5O4. The molecule has 2 amide bonds. The molecule has 1 aliphatic rings. The van der Waals surface area contributed by atoms with Gasteiger partial charge in [0.1, 0.15) is 11.5 Å². The zero-order valence-corrected chi connectivity index (χ0v) is 20.7. The fourth-order valence-corrected chi connectivity index (χ4v) is 3.55. The second-order valence-corrected chi connectivity index (χ2v) is 8.53. The molecule has 9 nitrogen and oxygen atoms in total. The lowest BCUT2D eigenvalue weighted by atomic mass is 10.2. The molecule has 0 unspecified atom stereocenters. The van der Waals surface area contributed by atoms with Crippen LogP contribution in [0.3, 0.4) is 0 Å². The van der Waals surface area contributed by atoms with Gasteiger partial charge in [-0.1, -0.05) is 36.4 Å². The molecule has 1 heterocycles. The molecule has 35 heavy (non-hydrogen) atoms. The van der Waals surface area contributed by atoms with Gasteiger partial charge in [-0.25, -0.2) is 0 Å². The van der Waals surface area contributed by atoms with Crippen LogP contribution < -0.4 is 25.4 Å². The van der Waals surface area contributed by atoms with E-state index in [2.05, 4.69) is 16.0 Å². The third kappa shape index (κ3) is 8.86. The average Bonchev–Trinajstić information content (AvgIpc) is 2.88. The molecule has 190 valence electrons. The fourth-order valence-electron chi connectivity index (χ4n) is 3.55. The number of hydrogen-bond donors (Lipinski definition) is 3. The van der Waals surface area contributed by atoms with Gasteiger partial charge >= 0.3 is 0 Å². The quantitative estimate of drug-likeness (QED) is 0.511. The smallest absolute Gasteiger partial charge is 0.260 e. The lowest BCUT2D eigenvalue weighted by Crippen LogP contribution is -2.40. The van der Waals surface area contributed by atoms with E-state index in [0.717, 1.165) is 37.3 Å². The highest BCUT2D eigenvalue weighted by atomic mass is 16.5. The molecule has 2 aromatic rings. The van der Waals surface area contributed by atoms with Gasteiger partial charge in [-0.2, -0.15) is 0 Å². The summed E-state index contributed by atoms with van der Waals surface area (Å²) in [7, 11) is 3.43. The van der Waals surface area contributed by atoms with Crippen LogP contribution >= 0.6 is 0 Å². The standard InChI is InChI=1S/C26H37N5O4/c1-30-15-16-31(2)26(33)20-35-24-10-6-4-8-22(24)18-29-14-12-27-11-13-28-17-21-7-3-5-9-23(21)34-19-25(30)32/h3-10,27-29H,11-20H2,1-2H3. The van der Waals surface area contributed by atoms with Crippen molar-refractivity contribution < 1.29 is 19.1 Å². The van der Waals surface area contributed by atoms with Crippen LogP contribution in [0.4, 0.5) is 0 Å². The summed E-state index contributed by atoms with van der Waals surface area (Å²) in [6.45, 7) is 5.31. The van der Waals surface area contributed by atoms with Gasteiger partial charge in [0.15, 0.2) is 13.2 Å². The van der Waals surface area contributed by atoms with Crippen molar-refractivity contribution in [2.45, 2.75) is 13.1 Å². The second-order valence-electron chi connectivity index (χ2n) is 8.53. The summed E-state index contributed by atoms with van der Waals surface area (Å²) in [5.41, 5.74) is 2.01. The summed E-state index contributed by atoms with van der Waals surface area (Å²) in [5, 5.41) is 10.2. The minimum absolute atomic E-state index is 0.0559. The predicted molar refractivity (Wildman–Crippen MR) is 135 cm³/mol. The molecule has 3 N–H and O–H groups in total. The Kier molecular flexibility index (Phi) is 10.8. The van der Waals surface area contributed by atoms with E-state index in [1.807, 2.05) is 48.5 Å². The Morgan fingerprint density at radius 3 is 1.49 bits per heavy atom. The lowest BCUT2D eigenvalue weighted by Gasteiger charge is -2.23. The van der Waals surface area contributed by atoms with E-state index in [0.29, 0.717) is 37.7 Å². The molecule has 0 saturated heterocycles. The van der Waals surface area contributed by atoms with E-state index in [4.69, 9.17) is 9.47 Å². The van der Waals surface area contributed by atoms with E-state index < -0.39 is 0 Å². The van der Waals surface area contributed by atoms with E-state index in [1.165, 1.54) is 0 Å². The molecule has 0 aromatic heterocycles. The number of amides is 2. The Balaban J connectivity index is 1.62. The minimum Gasteiger partial charge on any atom is -0.483 e. The average molecular weight is 484 g/mol. The van der Waals surface area contributed by atoms with Crippen molar-refractivity contribution in [3.8, 4) is 11.5 Å². The topological polar surface area (TPSA) is 95.2 Å². The van der Waals surface area contributed by atoms with Crippen molar-refractivity contribution in [1.29, 1.82) is 0 Å². The summed E-state index contributed by atoms with van der Waals surface area (Å²) in [6, 6.07) is 15.5. The van der Waals surface area contributed by atoms with Gasteiger partial charge in [-0.15, -0.1) is 0 Å². The van der Waals surface area contributed by atoms with Crippen LogP contribution in [0.2, 0.25) is 0 Å². The summed E-state index contributed by atoms with van der Waals surface area (Å²) in [4.78, 5) is 28.3. The highest BCUT2D eigenvalue weighted by Crippen LogP contribution is 2.18. The largest absolute Gasteiger partial charge is 0.483 e. The Morgan fingerprint density at radius 2 is 1.03 bits per heavy atom. The molecule has 0 saturated carbocycles. The van der Waals surface area contributed by atoms with Crippen LogP contribution in [0.15, 0.2) is 48.5 Å². The maximum atomic E-state index is 12.6. The van der Waals surface area contributed by atoms with Crippen LogP contribution in [0.1, 0.15) is 11.1 Å². The monoisotopic (exact) mass is 483 g/mol. The number of likely N-dealkylation sites (N-methyl/N-ethyl adjacent to an activating group) is 2. The number of nitrogens with zero attached hydrogens (tertiary/aromatic N) is 2. The third-order valence-electron chi connectivity index (χ3n) is 5.86. The normalized spacial score (nSPS) is 18.1. The maximum Gasteiger partial charge on any atom is 0.260 e. The Hall–Kier alpha value is -3.14. The van der Waals surface area contributed by atoms with Crippen LogP contribution in [-0.2, 0) is 22.7 Å². The molecule has 0 atom stereocenters. The molecule has 1 aliphatic heterocycles. The first-order valence-electron chi connectivity index (χ1n) is 12.1. The van der Waals surface area contributed by atoms with Crippen LogP contribution in [0, 0.1) is 0 Å². The third-order valence-corrected chi connectivity index (χ3v) is 5.86. The molecule has 0 radical (unpaired) electrons. The molecule has 2 aromatic carbocycles. The van der Waals surface area contributed by atoms with Gasteiger partial charge in [0, 0.05) is 77.6 Å². The number of para-hydroxylation sites is 2. The first-order valence-corrected chi connectivity index (χ1v) is 12.1. The van der Waals surface area contributed by atoms with Crippen molar-refractivity contribution in [1.82, 2.24) is 25.8 Å². The molecule has 0 fully saturated rings. The SMILES string of the molecule is CN1CCN(C)C(=O)COc2ccccc2CNCCNCCNCc2ccccc2OCC1=O. The molecule has 0 aliphatic carbocycles. The molecule has 0 bridgehead atoms. The second kappa shape index (κ2) is 14.3. The van der Waals surface area contributed by atoms with Crippen molar-refractivity contribution in [3.05, 3.63) is 59.7 Å². The predicted octanol–water partition coefficient (Wildman–Crippen LogP) is 0.844. The number of rotatable bonds is 0. The van der Waals surface area contributed by atoms with Crippen molar-refractivity contribution in [2.24, 2.45) is 0 Å². The number of carbonyl (C=O) groups excluding carboxylic acids is 2. The number of nitrogens with one attached hydrogen (secondary N) is 3. The van der Waals surface area contributed by atoms with Crippen molar-refractivity contribution >= 4 is 11.8 Å². The summed E-state index contributed by atoms with van der Waals surface area (Å²) in [5.74, 6) is 1.10. The lowest BCUT2D eigenvalue weighted by molar-refractivity contribution is -0.135. The van der Waals surface area contributed by atoms with Crippen molar-refractivity contribution in [3.63, 3.8) is 0 Å². The number of carbonyl (C=O) groups is 2. The van der Waals surface area contributed by atoms with E-state index in [1.54, 1.807) is 23.9 Å². The number of hydrogen-bond acceptors (Lipinski definition) is 7. The molecule has 9 heteroatoms. The van der Waals surface area contributed by atoms with Crippen LogP contribution in [0.5, 0.6) is 11.5 Å². The first kappa shape index (κ1) is 26.5. The van der Waals surface area contributed by atoms with Crippen molar-refractivity contribution in [2.75, 3.05) is 66.6 Å². The van der Waals surface area contributed by atoms with Crippen LogP contribution in [-0.4, -0.2) is 88.2 Å². The zero-order valence-electron chi connectivity index (χ0n) is 20.7. The fraction of sp³-hybridized carbons (Fsp3) is 0.462. The first-order chi connectivity index (χ1) is 17.0.